The zero-order valence-electron chi connectivity index (χ0n) is 22.5. The largest absolute Gasteiger partial charge is 0.310 e. The minimum Gasteiger partial charge on any atom is -0.310 e. The Labute approximate surface area is 235 Å². The molecule has 0 fully saturated rings. The van der Waals surface area contributed by atoms with E-state index >= 15 is 0 Å². The van der Waals surface area contributed by atoms with Crippen molar-refractivity contribution in [3.63, 3.8) is 0 Å². The van der Waals surface area contributed by atoms with Gasteiger partial charge in [0.05, 0.1) is 5.52 Å². The monoisotopic (exact) mass is 511 g/mol. The molecule has 0 radical (unpaired) electrons. The standard InChI is InChI=1S/C39H29N/c1-2-3-5-17-32-27-30-16-8-13-22-37(30)40(32)31-25-23-29(24-26-31)39-35-20-11-9-18-33(35)38(28-14-6-4-7-15-28)34-19-10-12-21-36(34)39/h2-27H,1H3/b3-2-,17-5-. The van der Waals surface area contributed by atoms with Gasteiger partial charge in [0.1, 0.15) is 0 Å². The molecule has 1 aromatic heterocycles. The molecule has 0 aliphatic heterocycles. The van der Waals surface area contributed by atoms with E-state index in [0.717, 1.165) is 11.4 Å². The molecule has 0 bridgehead atoms. The maximum atomic E-state index is 2.34. The summed E-state index contributed by atoms with van der Waals surface area (Å²) in [5.41, 5.74) is 8.56. The second-order valence-corrected chi connectivity index (χ2v) is 10.1. The van der Waals surface area contributed by atoms with E-state index in [1.54, 1.807) is 0 Å². The van der Waals surface area contributed by atoms with Crippen LogP contribution in [0.5, 0.6) is 0 Å². The summed E-state index contributed by atoms with van der Waals surface area (Å²) >= 11 is 0. The van der Waals surface area contributed by atoms with Gasteiger partial charge in [-0.1, -0.05) is 127 Å². The number of rotatable bonds is 5. The summed E-state index contributed by atoms with van der Waals surface area (Å²) < 4.78 is 2.34. The molecule has 0 spiro atoms. The molecule has 6 aromatic carbocycles. The van der Waals surface area contributed by atoms with Gasteiger partial charge in [-0.15, -0.1) is 0 Å². The van der Waals surface area contributed by atoms with Crippen LogP contribution in [0.25, 0.3) is 66.5 Å². The Bertz CT molecular complexity index is 1980. The molecular weight excluding hydrogens is 482 g/mol. The lowest BCUT2D eigenvalue weighted by Gasteiger charge is -2.18. The second-order valence-electron chi connectivity index (χ2n) is 10.1. The van der Waals surface area contributed by atoms with Crippen LogP contribution in [0.15, 0.2) is 152 Å². The molecule has 0 aliphatic rings. The van der Waals surface area contributed by atoms with Crippen LogP contribution in [0.3, 0.4) is 0 Å². The lowest BCUT2D eigenvalue weighted by Crippen LogP contribution is -1.96. The average molecular weight is 512 g/mol. The van der Waals surface area contributed by atoms with Gasteiger partial charge in [0.2, 0.25) is 0 Å². The predicted octanol–water partition coefficient (Wildman–Crippen LogP) is 10.9. The van der Waals surface area contributed by atoms with E-state index in [9.17, 15) is 0 Å². The SMILES string of the molecule is C/C=C\C=C/c1cc2ccccc2n1-c1ccc(-c2c3ccccc3c(-c3ccccc3)c3ccccc23)cc1. The summed E-state index contributed by atoms with van der Waals surface area (Å²) in [5.74, 6) is 0. The second kappa shape index (κ2) is 10.2. The van der Waals surface area contributed by atoms with Crippen molar-refractivity contribution in [2.75, 3.05) is 0 Å². The highest BCUT2D eigenvalue weighted by atomic mass is 15.0. The third kappa shape index (κ3) is 4.04. The summed E-state index contributed by atoms with van der Waals surface area (Å²) in [4.78, 5) is 0. The molecule has 0 saturated heterocycles. The summed E-state index contributed by atoms with van der Waals surface area (Å²) in [5, 5.41) is 6.34. The smallest absolute Gasteiger partial charge is 0.0534 e. The van der Waals surface area contributed by atoms with Crippen LogP contribution >= 0.6 is 0 Å². The van der Waals surface area contributed by atoms with E-state index in [-0.39, 0.29) is 0 Å². The minimum absolute atomic E-state index is 1.15. The van der Waals surface area contributed by atoms with E-state index in [1.165, 1.54) is 54.7 Å². The topological polar surface area (TPSA) is 4.93 Å². The van der Waals surface area contributed by atoms with Crippen molar-refractivity contribution in [3.8, 4) is 27.9 Å². The first-order valence-corrected chi connectivity index (χ1v) is 13.8. The van der Waals surface area contributed by atoms with E-state index in [2.05, 4.69) is 162 Å². The van der Waals surface area contributed by atoms with Crippen molar-refractivity contribution in [2.24, 2.45) is 0 Å². The van der Waals surface area contributed by atoms with Crippen LogP contribution in [-0.4, -0.2) is 4.57 Å². The molecule has 1 nitrogen and oxygen atoms in total. The number of para-hydroxylation sites is 1. The van der Waals surface area contributed by atoms with Crippen molar-refractivity contribution in [2.45, 2.75) is 6.92 Å². The first-order chi connectivity index (χ1) is 19.8. The van der Waals surface area contributed by atoms with Gasteiger partial charge in [0.25, 0.3) is 0 Å². The molecule has 0 aliphatic carbocycles. The van der Waals surface area contributed by atoms with Crippen molar-refractivity contribution in [1.82, 2.24) is 4.57 Å². The van der Waals surface area contributed by atoms with Crippen LogP contribution in [0.1, 0.15) is 12.6 Å². The van der Waals surface area contributed by atoms with Gasteiger partial charge in [-0.25, -0.2) is 0 Å². The molecule has 1 heterocycles. The van der Waals surface area contributed by atoms with Gasteiger partial charge < -0.3 is 4.57 Å². The van der Waals surface area contributed by atoms with Crippen LogP contribution < -0.4 is 0 Å². The Balaban J connectivity index is 1.44. The van der Waals surface area contributed by atoms with Crippen molar-refractivity contribution in [3.05, 3.63) is 157 Å². The Morgan fingerprint density at radius 3 is 1.62 bits per heavy atom. The molecule has 0 atom stereocenters. The fraction of sp³-hybridized carbons (Fsp3) is 0.0256. The van der Waals surface area contributed by atoms with Crippen molar-refractivity contribution in [1.29, 1.82) is 0 Å². The highest BCUT2D eigenvalue weighted by molar-refractivity contribution is 6.21. The number of benzene rings is 6. The molecule has 0 saturated carbocycles. The third-order valence-corrected chi connectivity index (χ3v) is 7.72. The number of hydrogen-bond donors (Lipinski definition) is 0. The zero-order chi connectivity index (χ0) is 26.9. The van der Waals surface area contributed by atoms with Crippen molar-refractivity contribution >= 4 is 38.5 Å². The van der Waals surface area contributed by atoms with E-state index in [4.69, 9.17) is 0 Å². The number of hydrogen-bond acceptors (Lipinski definition) is 0. The van der Waals surface area contributed by atoms with Gasteiger partial charge in [-0.3, -0.25) is 0 Å². The number of nitrogens with zero attached hydrogens (tertiary/aromatic N) is 1. The Morgan fingerprint density at radius 1 is 0.500 bits per heavy atom. The molecule has 1 heteroatoms. The Kier molecular flexibility index (Phi) is 6.11. The number of allylic oxidation sites excluding steroid dienone is 3. The molecule has 40 heavy (non-hydrogen) atoms. The summed E-state index contributed by atoms with van der Waals surface area (Å²) in [6.07, 6.45) is 8.40. The normalized spacial score (nSPS) is 11.9. The van der Waals surface area contributed by atoms with Gasteiger partial charge in [0.15, 0.2) is 0 Å². The van der Waals surface area contributed by atoms with E-state index < -0.39 is 0 Å². The fourth-order valence-corrected chi connectivity index (χ4v) is 5.98. The van der Waals surface area contributed by atoms with Gasteiger partial charge in [0, 0.05) is 16.8 Å². The highest BCUT2D eigenvalue weighted by Gasteiger charge is 2.16. The van der Waals surface area contributed by atoms with Crippen LogP contribution in [0.2, 0.25) is 0 Å². The minimum atomic E-state index is 1.15. The lowest BCUT2D eigenvalue weighted by atomic mass is 9.86. The molecular formula is C39H29N. The Hall–Kier alpha value is -5.14. The first-order valence-electron chi connectivity index (χ1n) is 13.8. The van der Waals surface area contributed by atoms with Gasteiger partial charge in [-0.2, -0.15) is 0 Å². The maximum absolute atomic E-state index is 2.34. The molecule has 7 rings (SSSR count). The average Bonchev–Trinajstić information content (AvgIpc) is 3.39. The molecule has 7 aromatic rings. The predicted molar refractivity (Wildman–Crippen MR) is 173 cm³/mol. The molecule has 0 amide bonds. The zero-order valence-corrected chi connectivity index (χ0v) is 22.5. The molecule has 190 valence electrons. The number of aromatic nitrogens is 1. The lowest BCUT2D eigenvalue weighted by molar-refractivity contribution is 1.11. The summed E-state index contributed by atoms with van der Waals surface area (Å²) in [7, 11) is 0. The van der Waals surface area contributed by atoms with Crippen molar-refractivity contribution < 1.29 is 0 Å². The molecule has 0 N–H and O–H groups in total. The summed E-state index contributed by atoms with van der Waals surface area (Å²) in [6.45, 7) is 2.04. The van der Waals surface area contributed by atoms with Crippen LogP contribution in [-0.2, 0) is 0 Å². The number of fused-ring (bicyclic) bond motifs is 3. The first kappa shape index (κ1) is 23.9. The molecule has 0 unspecified atom stereocenters. The van der Waals surface area contributed by atoms with Crippen LogP contribution in [0.4, 0.5) is 0 Å². The third-order valence-electron chi connectivity index (χ3n) is 7.72. The van der Waals surface area contributed by atoms with E-state index in [0.29, 0.717) is 0 Å². The van der Waals surface area contributed by atoms with Crippen LogP contribution in [0, 0.1) is 0 Å². The summed E-state index contributed by atoms with van der Waals surface area (Å²) in [6, 6.07) is 48.3. The maximum Gasteiger partial charge on any atom is 0.0534 e. The van der Waals surface area contributed by atoms with E-state index in [1.807, 2.05) is 6.92 Å². The van der Waals surface area contributed by atoms with Gasteiger partial charge >= 0.3 is 0 Å². The quantitative estimate of drug-likeness (QED) is 0.160. The van der Waals surface area contributed by atoms with Gasteiger partial charge in [-0.05, 0) is 81.1 Å². The Morgan fingerprint density at radius 2 is 1.02 bits per heavy atom. The fourth-order valence-electron chi connectivity index (χ4n) is 5.98. The highest BCUT2D eigenvalue weighted by Crippen LogP contribution is 2.43.